The molecule has 3 aromatic carbocycles. The van der Waals surface area contributed by atoms with E-state index in [0.29, 0.717) is 23.0 Å². The lowest BCUT2D eigenvalue weighted by molar-refractivity contribution is 0.0696. The lowest BCUT2D eigenvalue weighted by Gasteiger charge is -2.10. The molecular formula is C25H18N4O3. The number of aromatic nitrogens is 3. The first-order chi connectivity index (χ1) is 15.7. The Morgan fingerprint density at radius 1 is 0.875 bits per heavy atom. The number of ether oxygens (including phenoxy) is 1. The predicted molar refractivity (Wildman–Crippen MR) is 122 cm³/mol. The maximum absolute atomic E-state index is 11.5. The van der Waals surface area contributed by atoms with Crippen LogP contribution in [0.25, 0.3) is 17.0 Å². The van der Waals surface area contributed by atoms with E-state index in [4.69, 9.17) is 4.74 Å². The number of benzene rings is 3. The molecule has 0 aliphatic carbocycles. The summed E-state index contributed by atoms with van der Waals surface area (Å²) in [6, 6.07) is 26.7. The van der Waals surface area contributed by atoms with Crippen LogP contribution in [0.5, 0.6) is 11.5 Å². The van der Waals surface area contributed by atoms with Crippen molar-refractivity contribution in [3.8, 4) is 22.8 Å². The van der Waals surface area contributed by atoms with Crippen LogP contribution < -0.4 is 10.1 Å². The molecule has 7 nitrogen and oxygen atoms in total. The minimum absolute atomic E-state index is 0.0733. The van der Waals surface area contributed by atoms with E-state index in [1.165, 1.54) is 12.4 Å². The Hall–Kier alpha value is -4.65. The SMILES string of the molecule is O=C(O)c1cnc2nc(-c3ccc(Oc4ccccc4)cc3)c(Nc3ccccc3)n2c1. The molecule has 0 aliphatic rings. The lowest BCUT2D eigenvalue weighted by Crippen LogP contribution is -2.03. The largest absolute Gasteiger partial charge is 0.478 e. The summed E-state index contributed by atoms with van der Waals surface area (Å²) in [5, 5.41) is 12.7. The summed E-state index contributed by atoms with van der Waals surface area (Å²) in [6.45, 7) is 0. The number of carboxylic acid groups (broad SMARTS) is 1. The van der Waals surface area contributed by atoms with Crippen LogP contribution in [0.3, 0.4) is 0 Å². The molecule has 156 valence electrons. The van der Waals surface area contributed by atoms with Gasteiger partial charge in [-0.2, -0.15) is 0 Å². The van der Waals surface area contributed by atoms with Crippen LogP contribution in [0.1, 0.15) is 10.4 Å². The van der Waals surface area contributed by atoms with Gasteiger partial charge < -0.3 is 15.2 Å². The van der Waals surface area contributed by atoms with Gasteiger partial charge in [-0.1, -0.05) is 36.4 Å². The van der Waals surface area contributed by atoms with Gasteiger partial charge >= 0.3 is 5.97 Å². The zero-order chi connectivity index (χ0) is 21.9. The number of nitrogens with zero attached hydrogens (tertiary/aromatic N) is 3. The molecule has 0 saturated carbocycles. The van der Waals surface area contributed by atoms with E-state index in [9.17, 15) is 9.90 Å². The number of fused-ring (bicyclic) bond motifs is 1. The van der Waals surface area contributed by atoms with Crippen LogP contribution in [-0.4, -0.2) is 25.4 Å². The minimum atomic E-state index is -1.05. The lowest BCUT2D eigenvalue weighted by atomic mass is 10.1. The van der Waals surface area contributed by atoms with Crippen molar-refractivity contribution < 1.29 is 14.6 Å². The average molecular weight is 422 g/mol. The Morgan fingerprint density at radius 2 is 1.53 bits per heavy atom. The van der Waals surface area contributed by atoms with E-state index in [1.807, 2.05) is 84.9 Å². The van der Waals surface area contributed by atoms with Crippen molar-refractivity contribution in [2.24, 2.45) is 0 Å². The molecule has 0 aliphatic heterocycles. The van der Waals surface area contributed by atoms with E-state index in [1.54, 1.807) is 4.40 Å². The highest BCUT2D eigenvalue weighted by molar-refractivity contribution is 5.88. The van der Waals surface area contributed by atoms with E-state index >= 15 is 0 Å². The number of rotatable bonds is 6. The van der Waals surface area contributed by atoms with Gasteiger partial charge in [0.1, 0.15) is 23.0 Å². The Balaban J connectivity index is 1.56. The predicted octanol–water partition coefficient (Wildman–Crippen LogP) is 5.63. The molecule has 32 heavy (non-hydrogen) atoms. The van der Waals surface area contributed by atoms with Crippen LogP contribution >= 0.6 is 0 Å². The van der Waals surface area contributed by atoms with Gasteiger partial charge in [-0.15, -0.1) is 0 Å². The van der Waals surface area contributed by atoms with Gasteiger partial charge in [0, 0.05) is 23.6 Å². The highest BCUT2D eigenvalue weighted by Crippen LogP contribution is 2.32. The van der Waals surface area contributed by atoms with Crippen LogP contribution in [0.2, 0.25) is 0 Å². The van der Waals surface area contributed by atoms with Crippen molar-refractivity contribution in [2.75, 3.05) is 5.32 Å². The first-order valence-corrected chi connectivity index (χ1v) is 9.94. The number of imidazole rings is 1. The van der Waals surface area contributed by atoms with Crippen molar-refractivity contribution in [3.63, 3.8) is 0 Å². The number of para-hydroxylation sites is 2. The number of aromatic carboxylic acids is 1. The number of nitrogens with one attached hydrogen (secondary N) is 1. The first-order valence-electron chi connectivity index (χ1n) is 9.94. The second-order valence-electron chi connectivity index (χ2n) is 7.06. The number of hydrogen-bond donors (Lipinski definition) is 2. The Morgan fingerprint density at radius 3 is 2.22 bits per heavy atom. The number of hydrogen-bond acceptors (Lipinski definition) is 5. The summed E-state index contributed by atoms with van der Waals surface area (Å²) in [7, 11) is 0. The molecule has 0 atom stereocenters. The second-order valence-corrected chi connectivity index (χ2v) is 7.06. The zero-order valence-electron chi connectivity index (χ0n) is 16.8. The van der Waals surface area contributed by atoms with Gasteiger partial charge in [-0.25, -0.2) is 14.8 Å². The molecule has 5 aromatic rings. The van der Waals surface area contributed by atoms with Crippen LogP contribution in [0.15, 0.2) is 97.3 Å². The molecule has 0 saturated heterocycles. The van der Waals surface area contributed by atoms with Crippen LogP contribution in [0.4, 0.5) is 11.5 Å². The third kappa shape index (κ3) is 3.87. The third-order valence-electron chi connectivity index (χ3n) is 4.87. The first kappa shape index (κ1) is 19.3. The van der Waals surface area contributed by atoms with Gasteiger partial charge in [0.25, 0.3) is 0 Å². The molecule has 2 aromatic heterocycles. The average Bonchev–Trinajstić information content (AvgIpc) is 3.18. The Labute approximate surface area is 183 Å². The maximum atomic E-state index is 11.5. The summed E-state index contributed by atoms with van der Waals surface area (Å²) in [6.07, 6.45) is 2.82. The third-order valence-corrected chi connectivity index (χ3v) is 4.87. The fraction of sp³-hybridized carbons (Fsp3) is 0. The number of carbonyl (C=O) groups is 1. The van der Waals surface area contributed by atoms with Gasteiger partial charge in [-0.3, -0.25) is 4.40 Å². The summed E-state index contributed by atoms with van der Waals surface area (Å²) in [5.74, 6) is 1.42. The summed E-state index contributed by atoms with van der Waals surface area (Å²) in [4.78, 5) is 20.3. The molecule has 2 N–H and O–H groups in total. The van der Waals surface area contributed by atoms with Gasteiger partial charge in [0.15, 0.2) is 0 Å². The molecule has 0 unspecified atom stereocenters. The minimum Gasteiger partial charge on any atom is -0.478 e. The van der Waals surface area contributed by atoms with E-state index in [2.05, 4.69) is 15.3 Å². The molecule has 0 amide bonds. The Bertz CT molecular complexity index is 1380. The van der Waals surface area contributed by atoms with Crippen LogP contribution in [-0.2, 0) is 0 Å². The Kier molecular flexibility index (Phi) is 4.97. The second kappa shape index (κ2) is 8.23. The fourth-order valence-corrected chi connectivity index (χ4v) is 3.33. The van der Waals surface area contributed by atoms with Crippen molar-refractivity contribution >= 4 is 23.3 Å². The van der Waals surface area contributed by atoms with Gasteiger partial charge in [-0.05, 0) is 48.5 Å². The van der Waals surface area contributed by atoms with E-state index in [-0.39, 0.29) is 5.56 Å². The maximum Gasteiger partial charge on any atom is 0.338 e. The molecule has 0 spiro atoms. The molecule has 2 heterocycles. The molecule has 0 radical (unpaired) electrons. The summed E-state index contributed by atoms with van der Waals surface area (Å²) in [5.41, 5.74) is 2.41. The smallest absolute Gasteiger partial charge is 0.338 e. The quantitative estimate of drug-likeness (QED) is 0.369. The highest BCUT2D eigenvalue weighted by Gasteiger charge is 2.17. The van der Waals surface area contributed by atoms with E-state index in [0.717, 1.165) is 17.0 Å². The normalized spacial score (nSPS) is 10.8. The zero-order valence-corrected chi connectivity index (χ0v) is 16.8. The topological polar surface area (TPSA) is 88.8 Å². The van der Waals surface area contributed by atoms with Crippen molar-refractivity contribution in [1.29, 1.82) is 0 Å². The number of carboxylic acids is 1. The van der Waals surface area contributed by atoms with E-state index < -0.39 is 5.97 Å². The molecule has 0 fully saturated rings. The molecular weight excluding hydrogens is 404 g/mol. The molecule has 0 bridgehead atoms. The molecule has 5 rings (SSSR count). The standard InChI is InChI=1S/C25H18N4O3/c30-24(31)18-15-26-25-28-22(23(29(25)16-18)27-19-7-3-1-4-8-19)17-11-13-21(14-12-17)32-20-9-5-2-6-10-20/h1-16,27H,(H,30,31). The monoisotopic (exact) mass is 422 g/mol. The summed E-state index contributed by atoms with van der Waals surface area (Å²) < 4.78 is 7.53. The number of anilines is 2. The fourth-order valence-electron chi connectivity index (χ4n) is 3.33. The van der Waals surface area contributed by atoms with Crippen molar-refractivity contribution in [3.05, 3.63) is 103 Å². The van der Waals surface area contributed by atoms with Crippen molar-refractivity contribution in [2.45, 2.75) is 0 Å². The highest BCUT2D eigenvalue weighted by atomic mass is 16.5. The van der Waals surface area contributed by atoms with Crippen molar-refractivity contribution in [1.82, 2.24) is 14.4 Å². The summed E-state index contributed by atoms with van der Waals surface area (Å²) >= 11 is 0. The van der Waals surface area contributed by atoms with Gasteiger partial charge in [0.2, 0.25) is 5.78 Å². The molecule has 7 heteroatoms. The van der Waals surface area contributed by atoms with Crippen LogP contribution in [0, 0.1) is 0 Å². The van der Waals surface area contributed by atoms with Gasteiger partial charge in [0.05, 0.1) is 5.56 Å².